The minimum absolute atomic E-state index is 0.133. The number of benzene rings is 3. The van der Waals surface area contributed by atoms with Crippen molar-refractivity contribution in [1.82, 2.24) is 10.3 Å². The Labute approximate surface area is 197 Å². The van der Waals surface area contributed by atoms with Gasteiger partial charge in [-0.15, -0.1) is 0 Å². The fraction of sp³-hybridized carbons (Fsp3) is 0.0455. The molecule has 0 saturated heterocycles. The number of nitrogens with one attached hydrogen (secondary N) is 2. The number of carbonyl (C=O) groups is 1. The highest BCUT2D eigenvalue weighted by atomic mass is 35.5. The van der Waals surface area contributed by atoms with Crippen LogP contribution >= 0.6 is 35.4 Å². The number of anilines is 1. The molecule has 2 N–H and O–H groups in total. The van der Waals surface area contributed by atoms with Gasteiger partial charge in [-0.1, -0.05) is 23.2 Å². The van der Waals surface area contributed by atoms with E-state index in [1.165, 1.54) is 0 Å². The molecule has 0 aliphatic carbocycles. The van der Waals surface area contributed by atoms with Crippen molar-refractivity contribution in [2.75, 3.05) is 12.1 Å². The summed E-state index contributed by atoms with van der Waals surface area (Å²) in [4.78, 5) is 17.0. The molecule has 0 unspecified atom stereocenters. The number of halogens is 2. The maximum Gasteiger partial charge on any atom is 0.257 e. The van der Waals surface area contributed by atoms with Crippen molar-refractivity contribution in [1.29, 1.82) is 0 Å². The van der Waals surface area contributed by atoms with Crippen LogP contribution in [0.1, 0.15) is 10.4 Å². The van der Waals surface area contributed by atoms with E-state index in [0.29, 0.717) is 55.3 Å². The summed E-state index contributed by atoms with van der Waals surface area (Å²) in [5, 5.41) is 6.75. The molecule has 5 rings (SSSR count). The minimum Gasteiger partial charge on any atom is -0.454 e. The number of oxazole rings is 1. The van der Waals surface area contributed by atoms with Crippen LogP contribution in [0.2, 0.25) is 10.0 Å². The molecule has 0 radical (unpaired) electrons. The average Bonchev–Trinajstić information content (AvgIpc) is 3.41. The molecule has 1 aliphatic rings. The number of aromatic nitrogens is 1. The molecule has 32 heavy (non-hydrogen) atoms. The largest absolute Gasteiger partial charge is 0.454 e. The summed E-state index contributed by atoms with van der Waals surface area (Å²) in [6.45, 7) is 0.135. The second-order valence-electron chi connectivity index (χ2n) is 6.80. The number of fused-ring (bicyclic) bond motifs is 2. The summed E-state index contributed by atoms with van der Waals surface area (Å²) >= 11 is 17.6. The smallest absolute Gasteiger partial charge is 0.257 e. The number of nitrogens with zero attached hydrogens (tertiary/aromatic N) is 1. The Morgan fingerprint density at radius 3 is 2.72 bits per heavy atom. The topological polar surface area (TPSA) is 85.6 Å². The van der Waals surface area contributed by atoms with E-state index in [-0.39, 0.29) is 17.8 Å². The third kappa shape index (κ3) is 4.08. The van der Waals surface area contributed by atoms with Crippen molar-refractivity contribution in [3.8, 4) is 23.0 Å². The molecule has 0 saturated carbocycles. The van der Waals surface area contributed by atoms with E-state index in [1.807, 2.05) is 0 Å². The lowest BCUT2D eigenvalue weighted by molar-refractivity contribution is 0.0977. The highest BCUT2D eigenvalue weighted by Gasteiger charge is 2.17. The maximum atomic E-state index is 12.5. The number of ether oxygens (including phenoxy) is 2. The summed E-state index contributed by atoms with van der Waals surface area (Å²) < 4.78 is 16.3. The number of thiocarbonyl (C=S) groups is 1. The molecule has 0 fully saturated rings. The molecule has 160 valence electrons. The Bertz CT molecular complexity index is 1390. The van der Waals surface area contributed by atoms with Crippen molar-refractivity contribution in [3.05, 3.63) is 70.2 Å². The Morgan fingerprint density at radius 1 is 1.00 bits per heavy atom. The van der Waals surface area contributed by atoms with Gasteiger partial charge in [-0.25, -0.2) is 4.98 Å². The zero-order valence-corrected chi connectivity index (χ0v) is 18.5. The van der Waals surface area contributed by atoms with Crippen LogP contribution in [0.15, 0.2) is 59.0 Å². The quantitative estimate of drug-likeness (QED) is 0.362. The number of hydrogen-bond acceptors (Lipinski definition) is 6. The highest BCUT2D eigenvalue weighted by molar-refractivity contribution is 7.80. The van der Waals surface area contributed by atoms with Gasteiger partial charge in [-0.05, 0) is 66.8 Å². The van der Waals surface area contributed by atoms with E-state index >= 15 is 0 Å². The standard InChI is InChI=1S/C22H13Cl2N3O4S/c23-12-2-4-15(24)14(8-12)21-26-16-9-13(3-6-17(16)31-21)25-22(32)27-20(28)11-1-5-18-19(7-11)30-10-29-18/h1-9H,10H2,(H2,25,27,28,32). The van der Waals surface area contributed by atoms with Crippen LogP contribution in [0.4, 0.5) is 5.69 Å². The van der Waals surface area contributed by atoms with Crippen LogP contribution in [0, 0.1) is 0 Å². The van der Waals surface area contributed by atoms with E-state index in [0.717, 1.165) is 0 Å². The van der Waals surface area contributed by atoms with Crippen molar-refractivity contribution in [2.24, 2.45) is 0 Å². The Kier molecular flexibility index (Phi) is 5.34. The fourth-order valence-corrected chi connectivity index (χ4v) is 3.74. The van der Waals surface area contributed by atoms with Gasteiger partial charge in [0.1, 0.15) is 5.52 Å². The lowest BCUT2D eigenvalue weighted by atomic mass is 10.2. The fourth-order valence-electron chi connectivity index (χ4n) is 3.16. The molecule has 0 bridgehead atoms. The number of hydrogen-bond donors (Lipinski definition) is 2. The zero-order chi connectivity index (χ0) is 22.2. The minimum atomic E-state index is -0.374. The van der Waals surface area contributed by atoms with E-state index in [9.17, 15) is 4.79 Å². The van der Waals surface area contributed by atoms with Crippen LogP contribution in [-0.2, 0) is 0 Å². The molecule has 0 spiro atoms. The third-order valence-corrected chi connectivity index (χ3v) is 5.43. The molecule has 3 aromatic carbocycles. The summed E-state index contributed by atoms with van der Waals surface area (Å²) in [5.74, 6) is 1.09. The number of carbonyl (C=O) groups excluding carboxylic acids is 1. The van der Waals surface area contributed by atoms with Crippen LogP contribution in [0.5, 0.6) is 11.5 Å². The Balaban J connectivity index is 1.31. The molecule has 1 amide bonds. The second kappa shape index (κ2) is 8.31. The van der Waals surface area contributed by atoms with E-state index < -0.39 is 0 Å². The summed E-state index contributed by atoms with van der Waals surface area (Å²) in [5.41, 5.74) is 2.78. The lowest BCUT2D eigenvalue weighted by Crippen LogP contribution is -2.34. The monoisotopic (exact) mass is 485 g/mol. The van der Waals surface area contributed by atoms with Gasteiger partial charge in [-0.3, -0.25) is 10.1 Å². The van der Waals surface area contributed by atoms with Gasteiger partial charge in [0.15, 0.2) is 22.2 Å². The SMILES string of the molecule is O=C(NC(=S)Nc1ccc2oc(-c3cc(Cl)ccc3Cl)nc2c1)c1ccc2c(c1)OCO2. The molecular weight excluding hydrogens is 473 g/mol. The Hall–Kier alpha value is -3.33. The first-order chi connectivity index (χ1) is 15.5. The van der Waals surface area contributed by atoms with E-state index in [1.54, 1.807) is 54.6 Å². The molecule has 7 nitrogen and oxygen atoms in total. The maximum absolute atomic E-state index is 12.5. The number of amides is 1. The first-order valence-electron chi connectivity index (χ1n) is 9.34. The molecule has 1 aliphatic heterocycles. The van der Waals surface area contributed by atoms with Crippen molar-refractivity contribution < 1.29 is 18.7 Å². The van der Waals surface area contributed by atoms with E-state index in [2.05, 4.69) is 15.6 Å². The van der Waals surface area contributed by atoms with Crippen LogP contribution in [0.3, 0.4) is 0 Å². The van der Waals surface area contributed by atoms with Crippen molar-refractivity contribution in [3.63, 3.8) is 0 Å². The normalized spacial score (nSPS) is 12.1. The van der Waals surface area contributed by atoms with Gasteiger partial charge in [0.25, 0.3) is 5.91 Å². The van der Waals surface area contributed by atoms with Crippen LogP contribution in [-0.4, -0.2) is 22.8 Å². The van der Waals surface area contributed by atoms with Crippen molar-refractivity contribution >= 4 is 63.2 Å². The molecule has 4 aromatic rings. The van der Waals surface area contributed by atoms with Crippen LogP contribution in [0.25, 0.3) is 22.6 Å². The third-order valence-electron chi connectivity index (χ3n) is 4.67. The second-order valence-corrected chi connectivity index (χ2v) is 8.05. The average molecular weight is 486 g/mol. The van der Waals surface area contributed by atoms with Gasteiger partial charge in [0.05, 0.1) is 10.6 Å². The lowest BCUT2D eigenvalue weighted by Gasteiger charge is -2.09. The molecule has 1 aromatic heterocycles. The zero-order valence-electron chi connectivity index (χ0n) is 16.1. The highest BCUT2D eigenvalue weighted by Crippen LogP contribution is 2.33. The summed E-state index contributed by atoms with van der Waals surface area (Å²) in [6, 6.07) is 15.2. The molecule has 2 heterocycles. The molecular formula is C22H13Cl2N3O4S. The van der Waals surface area contributed by atoms with E-state index in [4.69, 9.17) is 49.3 Å². The predicted molar refractivity (Wildman–Crippen MR) is 126 cm³/mol. The molecule has 10 heteroatoms. The molecule has 0 atom stereocenters. The van der Waals surface area contributed by atoms with Gasteiger partial charge >= 0.3 is 0 Å². The van der Waals surface area contributed by atoms with Crippen molar-refractivity contribution in [2.45, 2.75) is 0 Å². The first kappa shape index (κ1) is 20.6. The van der Waals surface area contributed by atoms with Crippen LogP contribution < -0.4 is 20.1 Å². The summed E-state index contributed by atoms with van der Waals surface area (Å²) in [7, 11) is 0. The van der Waals surface area contributed by atoms with Gasteiger partial charge in [-0.2, -0.15) is 0 Å². The summed E-state index contributed by atoms with van der Waals surface area (Å²) in [6.07, 6.45) is 0. The number of rotatable bonds is 3. The Morgan fingerprint density at radius 2 is 1.84 bits per heavy atom. The first-order valence-corrected chi connectivity index (χ1v) is 10.5. The van der Waals surface area contributed by atoms with Gasteiger partial charge in [0.2, 0.25) is 12.7 Å². The predicted octanol–water partition coefficient (Wildman–Crippen LogP) is 5.66. The van der Waals surface area contributed by atoms with Gasteiger partial charge < -0.3 is 19.2 Å². The van der Waals surface area contributed by atoms with Gasteiger partial charge in [0, 0.05) is 16.3 Å².